The van der Waals surface area contributed by atoms with Crippen LogP contribution < -0.4 is 0 Å². The minimum atomic E-state index is 0.678. The van der Waals surface area contributed by atoms with Crippen molar-refractivity contribution in [3.05, 3.63) is 121 Å². The van der Waals surface area contributed by atoms with Crippen LogP contribution in [0.1, 0.15) is 5.01 Å². The standard InChI is InChI=1S/C29H21N3S/c1-3-4-11-20(2)29-32-26-18-23(16-17-27(26)33-29)28-30-24(21-12-7-5-8-13-21)19-25(31-28)22-14-9-6-10-15-22/h3-19H,1-2H2/b11-4-. The predicted molar refractivity (Wildman–Crippen MR) is 140 cm³/mol. The van der Waals surface area contributed by atoms with Gasteiger partial charge in [0.2, 0.25) is 0 Å². The average molecular weight is 444 g/mol. The maximum Gasteiger partial charge on any atom is 0.160 e. The van der Waals surface area contributed by atoms with Crippen LogP contribution in [0.15, 0.2) is 116 Å². The molecule has 0 fully saturated rings. The monoisotopic (exact) mass is 443 g/mol. The Morgan fingerprint density at radius 1 is 0.727 bits per heavy atom. The molecule has 0 aliphatic heterocycles. The predicted octanol–water partition coefficient (Wildman–Crippen LogP) is 7.84. The number of benzene rings is 3. The van der Waals surface area contributed by atoms with Crippen LogP contribution in [-0.4, -0.2) is 15.0 Å². The fourth-order valence-electron chi connectivity index (χ4n) is 3.55. The highest BCUT2D eigenvalue weighted by atomic mass is 32.1. The van der Waals surface area contributed by atoms with Gasteiger partial charge in [-0.1, -0.05) is 92.0 Å². The highest BCUT2D eigenvalue weighted by Crippen LogP contribution is 2.32. The first kappa shape index (κ1) is 20.7. The summed E-state index contributed by atoms with van der Waals surface area (Å²) >= 11 is 1.62. The van der Waals surface area contributed by atoms with Crippen molar-refractivity contribution in [2.45, 2.75) is 0 Å². The molecule has 0 unspecified atom stereocenters. The van der Waals surface area contributed by atoms with E-state index in [-0.39, 0.29) is 0 Å². The minimum Gasteiger partial charge on any atom is -0.236 e. The first-order chi connectivity index (χ1) is 16.2. The largest absolute Gasteiger partial charge is 0.236 e. The van der Waals surface area contributed by atoms with E-state index in [2.05, 4.69) is 55.6 Å². The number of allylic oxidation sites excluding steroid dienone is 4. The van der Waals surface area contributed by atoms with Crippen molar-refractivity contribution in [2.24, 2.45) is 0 Å². The van der Waals surface area contributed by atoms with Crippen molar-refractivity contribution in [3.8, 4) is 33.9 Å². The highest BCUT2D eigenvalue weighted by Gasteiger charge is 2.12. The van der Waals surface area contributed by atoms with E-state index >= 15 is 0 Å². The molecule has 2 heterocycles. The van der Waals surface area contributed by atoms with Gasteiger partial charge in [0.15, 0.2) is 5.82 Å². The number of aromatic nitrogens is 3. The van der Waals surface area contributed by atoms with E-state index < -0.39 is 0 Å². The van der Waals surface area contributed by atoms with Gasteiger partial charge in [0.1, 0.15) is 5.01 Å². The fraction of sp³-hybridized carbons (Fsp3) is 0. The van der Waals surface area contributed by atoms with E-state index in [4.69, 9.17) is 15.0 Å². The summed E-state index contributed by atoms with van der Waals surface area (Å²) in [5.74, 6) is 0.678. The molecule has 33 heavy (non-hydrogen) atoms. The summed E-state index contributed by atoms with van der Waals surface area (Å²) in [5.41, 5.74) is 6.60. The lowest BCUT2D eigenvalue weighted by atomic mass is 10.1. The normalized spacial score (nSPS) is 11.2. The molecule has 3 aromatic carbocycles. The molecule has 0 amide bonds. The Hall–Kier alpha value is -4.15. The van der Waals surface area contributed by atoms with Crippen molar-refractivity contribution in [1.29, 1.82) is 0 Å². The SMILES string of the molecule is C=C/C=C\C(=C)c1nc2cc(-c3nc(-c4ccccc4)cc(-c4ccccc4)n3)ccc2s1. The van der Waals surface area contributed by atoms with Gasteiger partial charge in [-0.2, -0.15) is 0 Å². The Morgan fingerprint density at radius 2 is 1.36 bits per heavy atom. The van der Waals surface area contributed by atoms with E-state index in [0.29, 0.717) is 5.82 Å². The first-order valence-corrected chi connectivity index (χ1v) is 11.4. The molecule has 0 bridgehead atoms. The first-order valence-electron chi connectivity index (χ1n) is 10.6. The van der Waals surface area contributed by atoms with Crippen LogP contribution in [-0.2, 0) is 0 Å². The zero-order chi connectivity index (χ0) is 22.6. The molecular weight excluding hydrogens is 422 g/mol. The van der Waals surface area contributed by atoms with Gasteiger partial charge in [-0.3, -0.25) is 0 Å². The molecule has 5 aromatic rings. The van der Waals surface area contributed by atoms with Crippen LogP contribution in [0.5, 0.6) is 0 Å². The second-order valence-corrected chi connectivity index (χ2v) is 8.55. The fourth-order valence-corrected chi connectivity index (χ4v) is 4.45. The molecule has 2 aromatic heterocycles. The van der Waals surface area contributed by atoms with Crippen LogP contribution in [0, 0.1) is 0 Å². The van der Waals surface area contributed by atoms with E-state index in [1.807, 2.05) is 54.6 Å². The van der Waals surface area contributed by atoms with Crippen LogP contribution in [0.4, 0.5) is 0 Å². The molecule has 0 N–H and O–H groups in total. The van der Waals surface area contributed by atoms with Crippen molar-refractivity contribution in [2.75, 3.05) is 0 Å². The van der Waals surface area contributed by atoms with Gasteiger partial charge in [-0.15, -0.1) is 11.3 Å². The van der Waals surface area contributed by atoms with Crippen LogP contribution in [0.3, 0.4) is 0 Å². The molecule has 0 spiro atoms. The highest BCUT2D eigenvalue weighted by molar-refractivity contribution is 7.19. The molecule has 158 valence electrons. The third-order valence-electron chi connectivity index (χ3n) is 5.22. The number of nitrogens with zero attached hydrogens (tertiary/aromatic N) is 3. The summed E-state index contributed by atoms with van der Waals surface area (Å²) in [5, 5.41) is 0.893. The maximum absolute atomic E-state index is 4.91. The average Bonchev–Trinajstić information content (AvgIpc) is 3.32. The number of hydrogen-bond donors (Lipinski definition) is 0. The van der Waals surface area contributed by atoms with E-state index in [1.165, 1.54) is 0 Å². The number of fused-ring (bicyclic) bond motifs is 1. The minimum absolute atomic E-state index is 0.678. The van der Waals surface area contributed by atoms with Crippen molar-refractivity contribution in [3.63, 3.8) is 0 Å². The Bertz CT molecular complexity index is 1420. The number of rotatable bonds is 6. The zero-order valence-electron chi connectivity index (χ0n) is 18.0. The summed E-state index contributed by atoms with van der Waals surface area (Å²) in [6.07, 6.45) is 5.52. The van der Waals surface area contributed by atoms with Crippen LogP contribution in [0.2, 0.25) is 0 Å². The maximum atomic E-state index is 4.91. The van der Waals surface area contributed by atoms with Crippen molar-refractivity contribution >= 4 is 27.1 Å². The lowest BCUT2D eigenvalue weighted by Crippen LogP contribution is -1.95. The molecule has 0 aliphatic rings. The van der Waals surface area contributed by atoms with Gasteiger partial charge in [0.05, 0.1) is 21.6 Å². The lowest BCUT2D eigenvalue weighted by Gasteiger charge is -2.09. The second-order valence-electron chi connectivity index (χ2n) is 7.52. The molecule has 0 radical (unpaired) electrons. The molecular formula is C29H21N3S. The second kappa shape index (κ2) is 9.15. The number of hydrogen-bond acceptors (Lipinski definition) is 4. The Kier molecular flexibility index (Phi) is 5.75. The molecule has 0 saturated carbocycles. The van der Waals surface area contributed by atoms with Gasteiger partial charge in [-0.25, -0.2) is 15.0 Å². The topological polar surface area (TPSA) is 38.7 Å². The van der Waals surface area contributed by atoms with E-state index in [1.54, 1.807) is 17.4 Å². The Morgan fingerprint density at radius 3 is 1.97 bits per heavy atom. The van der Waals surface area contributed by atoms with E-state index in [0.717, 1.165) is 48.9 Å². The Balaban J connectivity index is 1.62. The lowest BCUT2D eigenvalue weighted by molar-refractivity contribution is 1.18. The molecule has 0 aliphatic carbocycles. The quantitative estimate of drug-likeness (QED) is 0.251. The summed E-state index contributed by atoms with van der Waals surface area (Å²) in [6, 6.07) is 28.6. The van der Waals surface area contributed by atoms with Crippen molar-refractivity contribution in [1.82, 2.24) is 15.0 Å². The third kappa shape index (κ3) is 4.43. The van der Waals surface area contributed by atoms with E-state index in [9.17, 15) is 0 Å². The summed E-state index contributed by atoms with van der Waals surface area (Å²) in [6.45, 7) is 7.83. The summed E-state index contributed by atoms with van der Waals surface area (Å²) < 4.78 is 1.10. The molecule has 3 nitrogen and oxygen atoms in total. The smallest absolute Gasteiger partial charge is 0.160 e. The third-order valence-corrected chi connectivity index (χ3v) is 6.33. The molecule has 5 rings (SSSR count). The summed E-state index contributed by atoms with van der Waals surface area (Å²) in [4.78, 5) is 14.6. The summed E-state index contributed by atoms with van der Waals surface area (Å²) in [7, 11) is 0. The van der Waals surface area contributed by atoms with Gasteiger partial charge in [-0.05, 0) is 24.3 Å². The van der Waals surface area contributed by atoms with Gasteiger partial charge >= 0.3 is 0 Å². The van der Waals surface area contributed by atoms with Gasteiger partial charge < -0.3 is 0 Å². The van der Waals surface area contributed by atoms with Crippen molar-refractivity contribution < 1.29 is 0 Å². The molecule has 0 saturated heterocycles. The van der Waals surface area contributed by atoms with Gasteiger partial charge in [0, 0.05) is 22.3 Å². The molecule has 4 heteroatoms. The zero-order valence-corrected chi connectivity index (χ0v) is 18.8. The molecule has 0 atom stereocenters. The number of thiazole rings is 1. The Labute approximate surface area is 197 Å². The van der Waals surface area contributed by atoms with Crippen LogP contribution in [0.25, 0.3) is 49.7 Å². The van der Waals surface area contributed by atoms with Gasteiger partial charge in [0.25, 0.3) is 0 Å². The van der Waals surface area contributed by atoms with Crippen LogP contribution >= 0.6 is 11.3 Å².